The van der Waals surface area contributed by atoms with Crippen LogP contribution in [0.3, 0.4) is 0 Å². The van der Waals surface area contributed by atoms with Crippen molar-refractivity contribution in [1.82, 2.24) is 14.8 Å². The number of benzene rings is 3. The van der Waals surface area contributed by atoms with Crippen molar-refractivity contribution in [1.29, 1.82) is 0 Å². The lowest BCUT2D eigenvalue weighted by Gasteiger charge is -2.11. The minimum absolute atomic E-state index is 0.147. The zero-order valence-electron chi connectivity index (χ0n) is 16.5. The monoisotopic (exact) mass is 496 g/mol. The first-order valence-electron chi connectivity index (χ1n) is 9.47. The van der Waals surface area contributed by atoms with E-state index in [9.17, 15) is 9.18 Å². The molecule has 1 heterocycles. The summed E-state index contributed by atoms with van der Waals surface area (Å²) in [5, 5.41) is 12.1. The van der Waals surface area contributed by atoms with Crippen LogP contribution >= 0.6 is 27.7 Å². The molecule has 4 aromatic rings. The predicted octanol–water partition coefficient (Wildman–Crippen LogP) is 5.88. The van der Waals surface area contributed by atoms with Crippen molar-refractivity contribution in [2.75, 3.05) is 11.1 Å². The Balaban J connectivity index is 1.58. The number of rotatable bonds is 6. The number of anilines is 1. The number of carbonyl (C=O) groups is 1. The van der Waals surface area contributed by atoms with Crippen LogP contribution in [-0.2, 0) is 4.79 Å². The molecule has 0 aliphatic carbocycles. The Kier molecular flexibility index (Phi) is 6.48. The van der Waals surface area contributed by atoms with Crippen LogP contribution in [0.4, 0.5) is 10.1 Å². The zero-order valence-corrected chi connectivity index (χ0v) is 19.0. The highest BCUT2D eigenvalue weighted by Gasteiger charge is 2.17. The van der Waals surface area contributed by atoms with E-state index in [1.54, 1.807) is 12.1 Å². The Hall–Kier alpha value is -2.97. The summed E-state index contributed by atoms with van der Waals surface area (Å²) < 4.78 is 16.1. The summed E-state index contributed by atoms with van der Waals surface area (Å²) >= 11 is 4.74. The van der Waals surface area contributed by atoms with Crippen molar-refractivity contribution in [3.8, 4) is 17.1 Å². The molecule has 8 heteroatoms. The maximum Gasteiger partial charge on any atom is 0.234 e. The van der Waals surface area contributed by atoms with Gasteiger partial charge in [0.2, 0.25) is 5.91 Å². The molecule has 0 aliphatic rings. The molecule has 3 aromatic carbocycles. The molecule has 0 aliphatic heterocycles. The second-order valence-corrected chi connectivity index (χ2v) is 8.60. The van der Waals surface area contributed by atoms with Gasteiger partial charge >= 0.3 is 0 Å². The van der Waals surface area contributed by atoms with Crippen LogP contribution in [-0.4, -0.2) is 26.4 Å². The van der Waals surface area contributed by atoms with E-state index < -0.39 is 0 Å². The lowest BCUT2D eigenvalue weighted by Crippen LogP contribution is -2.15. The Labute approximate surface area is 191 Å². The van der Waals surface area contributed by atoms with Gasteiger partial charge in [0.1, 0.15) is 5.82 Å². The first kappa shape index (κ1) is 21.3. The van der Waals surface area contributed by atoms with Gasteiger partial charge in [0, 0.05) is 15.7 Å². The highest BCUT2D eigenvalue weighted by molar-refractivity contribution is 9.10. The highest BCUT2D eigenvalue weighted by atomic mass is 79.9. The van der Waals surface area contributed by atoms with Gasteiger partial charge in [-0.2, -0.15) is 0 Å². The van der Waals surface area contributed by atoms with Crippen LogP contribution < -0.4 is 5.32 Å². The van der Waals surface area contributed by atoms with Gasteiger partial charge in [-0.15, -0.1) is 10.2 Å². The van der Waals surface area contributed by atoms with Crippen molar-refractivity contribution < 1.29 is 9.18 Å². The standard InChI is InChI=1S/C23H18BrFN4OS/c1-15-7-12-20(19(24)13-15)26-21(30)14-31-23-28-27-22(16-5-3-2-4-6-16)29(23)18-10-8-17(25)9-11-18/h2-13H,14H2,1H3,(H,26,30). The summed E-state index contributed by atoms with van der Waals surface area (Å²) in [4.78, 5) is 12.5. The summed E-state index contributed by atoms with van der Waals surface area (Å²) in [6.07, 6.45) is 0. The third-order valence-corrected chi connectivity index (χ3v) is 6.07. The number of hydrogen-bond acceptors (Lipinski definition) is 4. The fourth-order valence-electron chi connectivity index (χ4n) is 3.00. The van der Waals surface area contributed by atoms with E-state index in [-0.39, 0.29) is 17.5 Å². The van der Waals surface area contributed by atoms with Crippen LogP contribution in [0.15, 0.2) is 82.4 Å². The average molecular weight is 497 g/mol. The molecular weight excluding hydrogens is 479 g/mol. The van der Waals surface area contributed by atoms with Gasteiger partial charge in [-0.1, -0.05) is 48.2 Å². The fourth-order valence-corrected chi connectivity index (χ4v) is 4.34. The molecule has 4 rings (SSSR count). The van der Waals surface area contributed by atoms with Crippen molar-refractivity contribution in [2.45, 2.75) is 12.1 Å². The molecule has 156 valence electrons. The molecule has 1 amide bonds. The van der Waals surface area contributed by atoms with E-state index in [2.05, 4.69) is 31.4 Å². The van der Waals surface area contributed by atoms with Crippen LogP contribution in [0, 0.1) is 12.7 Å². The van der Waals surface area contributed by atoms with E-state index >= 15 is 0 Å². The Morgan fingerprint density at radius 1 is 1.06 bits per heavy atom. The molecule has 31 heavy (non-hydrogen) atoms. The van der Waals surface area contributed by atoms with Gasteiger partial charge in [-0.05, 0) is 64.8 Å². The van der Waals surface area contributed by atoms with Gasteiger partial charge in [0.05, 0.1) is 11.4 Å². The quantitative estimate of drug-likeness (QED) is 0.339. The van der Waals surface area contributed by atoms with Crippen molar-refractivity contribution in [3.63, 3.8) is 0 Å². The number of halogens is 2. The molecule has 1 aromatic heterocycles. The highest BCUT2D eigenvalue weighted by Crippen LogP contribution is 2.29. The molecule has 0 fully saturated rings. The molecule has 0 bridgehead atoms. The van der Waals surface area contributed by atoms with E-state index in [0.29, 0.717) is 16.7 Å². The minimum atomic E-state index is -0.324. The lowest BCUT2D eigenvalue weighted by molar-refractivity contribution is -0.113. The van der Waals surface area contributed by atoms with E-state index in [1.165, 1.54) is 23.9 Å². The predicted molar refractivity (Wildman–Crippen MR) is 125 cm³/mol. The van der Waals surface area contributed by atoms with Gasteiger partial charge < -0.3 is 5.32 Å². The average Bonchev–Trinajstić information content (AvgIpc) is 3.19. The number of aromatic nitrogens is 3. The Morgan fingerprint density at radius 3 is 2.52 bits per heavy atom. The second-order valence-electron chi connectivity index (χ2n) is 6.80. The van der Waals surface area contributed by atoms with Crippen LogP contribution in [0.25, 0.3) is 17.1 Å². The van der Waals surface area contributed by atoms with E-state index in [1.807, 2.05) is 60.0 Å². The summed E-state index contributed by atoms with van der Waals surface area (Å²) in [6, 6.07) is 21.5. The lowest BCUT2D eigenvalue weighted by atomic mass is 10.2. The van der Waals surface area contributed by atoms with Crippen LogP contribution in [0.1, 0.15) is 5.56 Å². The number of nitrogens with one attached hydrogen (secondary N) is 1. The van der Waals surface area contributed by atoms with Gasteiger partial charge in [-0.25, -0.2) is 4.39 Å². The largest absolute Gasteiger partial charge is 0.324 e. The molecule has 1 N–H and O–H groups in total. The normalized spacial score (nSPS) is 10.8. The third kappa shape index (κ3) is 5.03. The maximum atomic E-state index is 13.5. The maximum absolute atomic E-state index is 13.5. The van der Waals surface area contributed by atoms with Gasteiger partial charge in [0.25, 0.3) is 0 Å². The summed E-state index contributed by atoms with van der Waals surface area (Å²) in [6.45, 7) is 1.98. The van der Waals surface area contributed by atoms with Crippen LogP contribution in [0.5, 0.6) is 0 Å². The molecule has 0 saturated heterocycles. The van der Waals surface area contributed by atoms with E-state index in [4.69, 9.17) is 0 Å². The number of carbonyl (C=O) groups excluding carboxylic acids is 1. The van der Waals surface area contributed by atoms with Gasteiger partial charge in [0.15, 0.2) is 11.0 Å². The summed E-state index contributed by atoms with van der Waals surface area (Å²) in [5.74, 6) is 0.283. The number of nitrogens with zero attached hydrogens (tertiary/aromatic N) is 3. The molecule has 0 spiro atoms. The minimum Gasteiger partial charge on any atom is -0.324 e. The number of amides is 1. The first-order chi connectivity index (χ1) is 15.0. The Bertz CT molecular complexity index is 1210. The molecule has 0 atom stereocenters. The molecule has 0 radical (unpaired) electrons. The number of aryl methyl sites for hydroxylation is 1. The van der Waals surface area contributed by atoms with Crippen LogP contribution in [0.2, 0.25) is 0 Å². The van der Waals surface area contributed by atoms with Crippen molar-refractivity contribution in [3.05, 3.63) is 88.6 Å². The molecule has 5 nitrogen and oxygen atoms in total. The van der Waals surface area contributed by atoms with Crippen molar-refractivity contribution in [2.24, 2.45) is 0 Å². The van der Waals surface area contributed by atoms with Gasteiger partial charge in [-0.3, -0.25) is 9.36 Å². The number of thioether (sulfide) groups is 1. The third-order valence-electron chi connectivity index (χ3n) is 4.48. The van der Waals surface area contributed by atoms with E-state index in [0.717, 1.165) is 21.3 Å². The zero-order chi connectivity index (χ0) is 21.8. The SMILES string of the molecule is Cc1ccc(NC(=O)CSc2nnc(-c3ccccc3)n2-c2ccc(F)cc2)c(Br)c1. The first-order valence-corrected chi connectivity index (χ1v) is 11.2. The number of hydrogen-bond donors (Lipinski definition) is 1. The fraction of sp³-hybridized carbons (Fsp3) is 0.0870. The Morgan fingerprint density at radius 2 is 1.81 bits per heavy atom. The summed E-state index contributed by atoms with van der Waals surface area (Å²) in [7, 11) is 0. The second kappa shape index (κ2) is 9.45. The summed E-state index contributed by atoms with van der Waals surface area (Å²) in [5.41, 5.74) is 3.40. The topological polar surface area (TPSA) is 59.8 Å². The molecule has 0 saturated carbocycles. The molecular formula is C23H18BrFN4OS. The van der Waals surface area contributed by atoms with Crippen molar-refractivity contribution >= 4 is 39.3 Å². The smallest absolute Gasteiger partial charge is 0.234 e. The molecule has 0 unspecified atom stereocenters.